The Bertz CT molecular complexity index is 466. The monoisotopic (exact) mass is 278 g/mol. The fraction of sp³-hybridized carbons (Fsp3) is 0.438. The van der Waals surface area contributed by atoms with E-state index >= 15 is 0 Å². The molecule has 0 unspecified atom stereocenters. The standard InChI is InChI=1S/C16H22O4/c1-11(2)19-7-8-20-16-12(3)9-14(10-13(16)4)5-6-15(17)18/h5-6,9-11H,7-8H2,1-4H3,(H,17,18). The Hall–Kier alpha value is -1.81. The Morgan fingerprint density at radius 3 is 2.35 bits per heavy atom. The van der Waals surface area contributed by atoms with E-state index in [2.05, 4.69) is 0 Å². The minimum Gasteiger partial charge on any atom is -0.491 e. The maximum Gasteiger partial charge on any atom is 0.328 e. The first-order valence-corrected chi connectivity index (χ1v) is 6.66. The van der Waals surface area contributed by atoms with Gasteiger partial charge in [0.2, 0.25) is 0 Å². The van der Waals surface area contributed by atoms with Crippen molar-refractivity contribution in [2.45, 2.75) is 33.8 Å². The Labute approximate surface area is 120 Å². The molecule has 0 bridgehead atoms. The van der Waals surface area contributed by atoms with E-state index in [1.807, 2.05) is 39.8 Å². The predicted molar refractivity (Wildman–Crippen MR) is 79.2 cm³/mol. The molecule has 0 aliphatic carbocycles. The van der Waals surface area contributed by atoms with Crippen LogP contribution in [-0.4, -0.2) is 30.4 Å². The molecule has 1 aromatic rings. The second-order valence-corrected chi connectivity index (χ2v) is 4.92. The highest BCUT2D eigenvalue weighted by Gasteiger charge is 2.06. The Balaban J connectivity index is 2.71. The topological polar surface area (TPSA) is 55.8 Å². The minimum absolute atomic E-state index is 0.198. The molecular weight excluding hydrogens is 256 g/mol. The number of carboxylic acids is 1. The summed E-state index contributed by atoms with van der Waals surface area (Å²) < 4.78 is 11.2. The molecule has 0 spiro atoms. The van der Waals surface area contributed by atoms with Crippen molar-refractivity contribution in [3.63, 3.8) is 0 Å². The lowest BCUT2D eigenvalue weighted by Crippen LogP contribution is -2.12. The molecule has 0 aromatic heterocycles. The van der Waals surface area contributed by atoms with Crippen LogP contribution in [0.1, 0.15) is 30.5 Å². The maximum absolute atomic E-state index is 10.5. The third-order valence-corrected chi connectivity index (χ3v) is 2.68. The molecule has 0 fully saturated rings. The van der Waals surface area contributed by atoms with E-state index in [9.17, 15) is 4.79 Å². The number of aliphatic carboxylic acids is 1. The van der Waals surface area contributed by atoms with Gasteiger partial charge in [-0.25, -0.2) is 4.79 Å². The van der Waals surface area contributed by atoms with Gasteiger partial charge in [-0.3, -0.25) is 0 Å². The first-order chi connectivity index (χ1) is 9.40. The summed E-state index contributed by atoms with van der Waals surface area (Å²) in [4.78, 5) is 10.5. The molecule has 110 valence electrons. The van der Waals surface area contributed by atoms with Crippen LogP contribution in [0.4, 0.5) is 0 Å². The Morgan fingerprint density at radius 1 is 1.25 bits per heavy atom. The van der Waals surface area contributed by atoms with Gasteiger partial charge in [0.25, 0.3) is 0 Å². The van der Waals surface area contributed by atoms with E-state index in [1.54, 1.807) is 6.08 Å². The second-order valence-electron chi connectivity index (χ2n) is 4.92. The summed E-state index contributed by atoms with van der Waals surface area (Å²) in [6.45, 7) is 8.93. The van der Waals surface area contributed by atoms with Gasteiger partial charge in [-0.2, -0.15) is 0 Å². The molecule has 1 aromatic carbocycles. The lowest BCUT2D eigenvalue weighted by Gasteiger charge is -2.14. The van der Waals surface area contributed by atoms with Crippen molar-refractivity contribution in [1.29, 1.82) is 0 Å². The molecule has 4 heteroatoms. The van der Waals surface area contributed by atoms with Gasteiger partial charge in [0, 0.05) is 6.08 Å². The number of aryl methyl sites for hydroxylation is 2. The van der Waals surface area contributed by atoms with Crippen LogP contribution in [0.3, 0.4) is 0 Å². The molecule has 0 saturated carbocycles. The van der Waals surface area contributed by atoms with E-state index in [-0.39, 0.29) is 6.10 Å². The van der Waals surface area contributed by atoms with Crippen LogP contribution in [0.5, 0.6) is 5.75 Å². The van der Waals surface area contributed by atoms with Crippen molar-refractivity contribution in [3.8, 4) is 5.75 Å². The third kappa shape index (κ3) is 5.45. The van der Waals surface area contributed by atoms with Gasteiger partial charge in [0.1, 0.15) is 12.4 Å². The molecule has 0 atom stereocenters. The van der Waals surface area contributed by atoms with Gasteiger partial charge in [-0.1, -0.05) is 0 Å². The highest BCUT2D eigenvalue weighted by Crippen LogP contribution is 2.25. The maximum atomic E-state index is 10.5. The van der Waals surface area contributed by atoms with Crippen molar-refractivity contribution in [2.24, 2.45) is 0 Å². The van der Waals surface area contributed by atoms with Crippen LogP contribution in [0.2, 0.25) is 0 Å². The largest absolute Gasteiger partial charge is 0.491 e. The number of benzene rings is 1. The number of rotatable bonds is 7. The first-order valence-electron chi connectivity index (χ1n) is 6.66. The number of carboxylic acid groups (broad SMARTS) is 1. The Morgan fingerprint density at radius 2 is 1.85 bits per heavy atom. The molecule has 1 N–H and O–H groups in total. The van der Waals surface area contributed by atoms with Crippen LogP contribution in [0.15, 0.2) is 18.2 Å². The molecule has 0 saturated heterocycles. The summed E-state index contributed by atoms with van der Waals surface area (Å²) in [7, 11) is 0. The van der Waals surface area contributed by atoms with E-state index in [4.69, 9.17) is 14.6 Å². The van der Waals surface area contributed by atoms with Crippen LogP contribution < -0.4 is 4.74 Å². The molecule has 0 heterocycles. The van der Waals surface area contributed by atoms with E-state index in [0.29, 0.717) is 13.2 Å². The first kappa shape index (κ1) is 16.2. The number of carbonyl (C=O) groups is 1. The number of hydrogen-bond donors (Lipinski definition) is 1. The van der Waals surface area contributed by atoms with Crippen molar-refractivity contribution >= 4 is 12.0 Å². The summed E-state index contributed by atoms with van der Waals surface area (Å²) >= 11 is 0. The molecule has 20 heavy (non-hydrogen) atoms. The predicted octanol–water partition coefficient (Wildman–Crippen LogP) is 3.21. The second kappa shape index (κ2) is 7.70. The molecule has 0 aliphatic rings. The molecule has 1 rings (SSSR count). The van der Waals surface area contributed by atoms with Crippen LogP contribution in [0, 0.1) is 13.8 Å². The summed E-state index contributed by atoms with van der Waals surface area (Å²) in [5.74, 6) is -0.115. The fourth-order valence-electron chi connectivity index (χ4n) is 1.90. The molecule has 0 amide bonds. The highest BCUT2D eigenvalue weighted by molar-refractivity contribution is 5.85. The zero-order chi connectivity index (χ0) is 15.1. The zero-order valence-corrected chi connectivity index (χ0v) is 12.5. The van der Waals surface area contributed by atoms with Crippen LogP contribution >= 0.6 is 0 Å². The van der Waals surface area contributed by atoms with Gasteiger partial charge in [-0.15, -0.1) is 0 Å². The lowest BCUT2D eigenvalue weighted by atomic mass is 10.1. The quantitative estimate of drug-likeness (QED) is 0.614. The van der Waals surface area contributed by atoms with Crippen molar-refractivity contribution < 1.29 is 19.4 Å². The van der Waals surface area contributed by atoms with Crippen molar-refractivity contribution in [2.75, 3.05) is 13.2 Å². The van der Waals surface area contributed by atoms with Crippen LogP contribution in [0.25, 0.3) is 6.08 Å². The number of ether oxygens (including phenoxy) is 2. The van der Waals surface area contributed by atoms with E-state index in [1.165, 1.54) is 0 Å². The average Bonchev–Trinajstić information content (AvgIpc) is 2.34. The summed E-state index contributed by atoms with van der Waals surface area (Å²) in [5, 5.41) is 8.63. The summed E-state index contributed by atoms with van der Waals surface area (Å²) in [5.41, 5.74) is 2.83. The number of hydrogen-bond acceptors (Lipinski definition) is 3. The van der Waals surface area contributed by atoms with Gasteiger partial charge in [0.15, 0.2) is 0 Å². The van der Waals surface area contributed by atoms with Gasteiger partial charge in [0.05, 0.1) is 12.7 Å². The third-order valence-electron chi connectivity index (χ3n) is 2.68. The van der Waals surface area contributed by atoms with Crippen LogP contribution in [-0.2, 0) is 9.53 Å². The molecule has 4 nitrogen and oxygen atoms in total. The molecule has 0 radical (unpaired) electrons. The minimum atomic E-state index is -0.952. The summed E-state index contributed by atoms with van der Waals surface area (Å²) in [6.07, 6.45) is 2.91. The molecular formula is C16H22O4. The van der Waals surface area contributed by atoms with Gasteiger partial charge in [-0.05, 0) is 62.6 Å². The summed E-state index contributed by atoms with van der Waals surface area (Å²) in [6, 6.07) is 3.82. The van der Waals surface area contributed by atoms with Crippen molar-refractivity contribution in [3.05, 3.63) is 34.9 Å². The van der Waals surface area contributed by atoms with Gasteiger partial charge < -0.3 is 14.6 Å². The SMILES string of the molecule is Cc1cc(C=CC(=O)O)cc(C)c1OCCOC(C)C. The Kier molecular flexibility index (Phi) is 6.25. The average molecular weight is 278 g/mol. The fourth-order valence-corrected chi connectivity index (χ4v) is 1.90. The smallest absolute Gasteiger partial charge is 0.328 e. The van der Waals surface area contributed by atoms with E-state index < -0.39 is 5.97 Å². The normalized spacial score (nSPS) is 11.2. The molecule has 0 aliphatic heterocycles. The van der Waals surface area contributed by atoms with Crippen molar-refractivity contribution in [1.82, 2.24) is 0 Å². The van der Waals surface area contributed by atoms with E-state index in [0.717, 1.165) is 28.5 Å². The lowest BCUT2D eigenvalue weighted by molar-refractivity contribution is -0.131. The zero-order valence-electron chi connectivity index (χ0n) is 12.5. The van der Waals surface area contributed by atoms with Gasteiger partial charge >= 0.3 is 5.97 Å². The highest BCUT2D eigenvalue weighted by atomic mass is 16.5.